The Morgan fingerprint density at radius 2 is 0.885 bits per heavy atom. The zero-order valence-electron chi connectivity index (χ0n) is 14.4. The summed E-state index contributed by atoms with van der Waals surface area (Å²) in [6, 6.07) is 38.0. The molecule has 0 atom stereocenters. The van der Waals surface area contributed by atoms with Crippen LogP contribution in [0.2, 0.25) is 0 Å². The Balaban J connectivity index is 2.01. The molecule has 4 aromatic carbocycles. The minimum atomic E-state index is -1.23. The summed E-state index contributed by atoms with van der Waals surface area (Å²) in [5.74, 6) is 0. The Morgan fingerprint density at radius 1 is 0.462 bits per heavy atom. The third-order valence-corrected chi connectivity index (χ3v) is 4.78. The van der Waals surface area contributed by atoms with Crippen molar-refractivity contribution >= 4 is 0 Å². The van der Waals surface area contributed by atoms with E-state index in [1.165, 1.54) is 0 Å². The second-order valence-corrected chi connectivity index (χ2v) is 6.35. The van der Waals surface area contributed by atoms with Gasteiger partial charge in [0.2, 0.25) is 0 Å². The average molecular weight is 336 g/mol. The highest BCUT2D eigenvalue weighted by molar-refractivity contribution is 5.71. The van der Waals surface area contributed by atoms with Crippen molar-refractivity contribution in [2.24, 2.45) is 0 Å². The van der Waals surface area contributed by atoms with E-state index < -0.39 is 5.60 Å². The van der Waals surface area contributed by atoms with Crippen molar-refractivity contribution in [2.45, 2.75) is 5.60 Å². The highest BCUT2D eigenvalue weighted by atomic mass is 16.3. The maximum Gasteiger partial charge on any atom is 0.141 e. The van der Waals surface area contributed by atoms with Crippen molar-refractivity contribution in [1.82, 2.24) is 0 Å². The molecule has 1 N–H and O–H groups in total. The second-order valence-electron chi connectivity index (χ2n) is 6.35. The SMILES string of the molecule is OC(c1ccccc1)(c1ccccc1)c1ccccc1-c1ccccc1. The summed E-state index contributed by atoms with van der Waals surface area (Å²) in [6.45, 7) is 0. The molecule has 1 heteroatoms. The van der Waals surface area contributed by atoms with Crippen LogP contribution in [0.25, 0.3) is 11.1 Å². The fraction of sp³-hybridized carbons (Fsp3) is 0.0400. The summed E-state index contributed by atoms with van der Waals surface area (Å²) < 4.78 is 0. The van der Waals surface area contributed by atoms with E-state index in [2.05, 4.69) is 18.2 Å². The fourth-order valence-corrected chi connectivity index (χ4v) is 3.50. The zero-order chi connectivity index (χ0) is 17.8. The lowest BCUT2D eigenvalue weighted by Gasteiger charge is -2.32. The van der Waals surface area contributed by atoms with Crippen molar-refractivity contribution in [2.75, 3.05) is 0 Å². The van der Waals surface area contributed by atoms with Crippen molar-refractivity contribution in [1.29, 1.82) is 0 Å². The predicted octanol–water partition coefficient (Wildman–Crippen LogP) is 5.64. The minimum Gasteiger partial charge on any atom is -0.376 e. The molecule has 0 saturated heterocycles. The number of benzene rings is 4. The Morgan fingerprint density at radius 3 is 1.42 bits per heavy atom. The molecule has 1 nitrogen and oxygen atoms in total. The van der Waals surface area contributed by atoms with Crippen LogP contribution in [0, 0.1) is 0 Å². The predicted molar refractivity (Wildman–Crippen MR) is 107 cm³/mol. The summed E-state index contributed by atoms with van der Waals surface area (Å²) in [7, 11) is 0. The first-order chi connectivity index (χ1) is 12.8. The first-order valence-corrected chi connectivity index (χ1v) is 8.78. The van der Waals surface area contributed by atoms with Crippen LogP contribution in [-0.4, -0.2) is 5.11 Å². The lowest BCUT2D eigenvalue weighted by atomic mass is 9.77. The van der Waals surface area contributed by atoms with E-state index in [1.807, 2.05) is 97.1 Å². The van der Waals surface area contributed by atoms with E-state index in [0.29, 0.717) is 0 Å². The number of hydrogen-bond acceptors (Lipinski definition) is 1. The Hall–Kier alpha value is -3.16. The van der Waals surface area contributed by atoms with Crippen LogP contribution in [0.4, 0.5) is 0 Å². The molecule has 0 aliphatic heterocycles. The molecule has 0 spiro atoms. The molecule has 0 bridgehead atoms. The van der Waals surface area contributed by atoms with E-state index in [9.17, 15) is 5.11 Å². The molecule has 0 saturated carbocycles. The number of rotatable bonds is 4. The van der Waals surface area contributed by atoms with Crippen LogP contribution in [0.1, 0.15) is 16.7 Å². The third kappa shape index (κ3) is 2.83. The Labute approximate surface area is 154 Å². The molecule has 0 unspecified atom stereocenters. The van der Waals surface area contributed by atoms with Gasteiger partial charge in [-0.3, -0.25) is 0 Å². The molecule has 126 valence electrons. The molecule has 0 fully saturated rings. The highest BCUT2D eigenvalue weighted by Crippen LogP contribution is 2.41. The molecule has 0 aliphatic rings. The van der Waals surface area contributed by atoms with E-state index in [1.54, 1.807) is 0 Å². The fourth-order valence-electron chi connectivity index (χ4n) is 3.50. The van der Waals surface area contributed by atoms with Gasteiger partial charge in [-0.15, -0.1) is 0 Å². The summed E-state index contributed by atoms with van der Waals surface area (Å²) in [5.41, 5.74) is 3.49. The first kappa shape index (κ1) is 16.3. The van der Waals surface area contributed by atoms with Crippen LogP contribution in [0.5, 0.6) is 0 Å². The van der Waals surface area contributed by atoms with Gasteiger partial charge in [0.1, 0.15) is 5.60 Å². The molecule has 4 rings (SSSR count). The number of aliphatic hydroxyl groups is 1. The van der Waals surface area contributed by atoms with Crippen LogP contribution in [0.15, 0.2) is 115 Å². The van der Waals surface area contributed by atoms with Crippen LogP contribution >= 0.6 is 0 Å². The average Bonchev–Trinajstić information content (AvgIpc) is 2.75. The van der Waals surface area contributed by atoms with Crippen LogP contribution in [-0.2, 0) is 5.60 Å². The van der Waals surface area contributed by atoms with Gasteiger partial charge < -0.3 is 5.11 Å². The smallest absolute Gasteiger partial charge is 0.141 e. The van der Waals surface area contributed by atoms with Crippen molar-refractivity contribution < 1.29 is 5.11 Å². The molecule has 26 heavy (non-hydrogen) atoms. The monoisotopic (exact) mass is 336 g/mol. The van der Waals surface area contributed by atoms with E-state index in [-0.39, 0.29) is 0 Å². The lowest BCUT2D eigenvalue weighted by Crippen LogP contribution is -2.29. The largest absolute Gasteiger partial charge is 0.376 e. The second kappa shape index (κ2) is 6.99. The van der Waals surface area contributed by atoms with Crippen molar-refractivity contribution in [3.63, 3.8) is 0 Å². The molecule has 0 aromatic heterocycles. The van der Waals surface area contributed by atoms with Crippen molar-refractivity contribution in [3.8, 4) is 11.1 Å². The number of hydrogen-bond donors (Lipinski definition) is 1. The third-order valence-electron chi connectivity index (χ3n) is 4.78. The molecular formula is C25H20O. The van der Waals surface area contributed by atoms with Crippen LogP contribution in [0.3, 0.4) is 0 Å². The maximum absolute atomic E-state index is 12.1. The van der Waals surface area contributed by atoms with E-state index in [4.69, 9.17) is 0 Å². The molecule has 0 radical (unpaired) electrons. The van der Waals surface area contributed by atoms with E-state index in [0.717, 1.165) is 27.8 Å². The van der Waals surface area contributed by atoms with Gasteiger partial charge in [0.15, 0.2) is 0 Å². The molecule has 0 heterocycles. The summed E-state index contributed by atoms with van der Waals surface area (Å²) >= 11 is 0. The van der Waals surface area contributed by atoms with Gasteiger partial charge in [0.05, 0.1) is 0 Å². The van der Waals surface area contributed by atoms with Gasteiger partial charge in [-0.25, -0.2) is 0 Å². The molecular weight excluding hydrogens is 316 g/mol. The Bertz CT molecular complexity index is 937. The Kier molecular flexibility index (Phi) is 4.39. The van der Waals surface area contributed by atoms with Gasteiger partial charge in [0, 0.05) is 5.56 Å². The van der Waals surface area contributed by atoms with Crippen LogP contribution < -0.4 is 0 Å². The summed E-state index contributed by atoms with van der Waals surface area (Å²) in [6.07, 6.45) is 0. The zero-order valence-corrected chi connectivity index (χ0v) is 14.4. The molecule has 4 aromatic rings. The highest BCUT2D eigenvalue weighted by Gasteiger charge is 2.35. The standard InChI is InChI=1S/C25H20O/c26-25(21-14-6-2-7-15-21,22-16-8-3-9-17-22)24-19-11-10-18-23(24)20-12-4-1-5-13-20/h1-19,26H. The maximum atomic E-state index is 12.1. The van der Waals surface area contributed by atoms with Gasteiger partial charge in [-0.1, -0.05) is 115 Å². The van der Waals surface area contributed by atoms with Crippen molar-refractivity contribution in [3.05, 3.63) is 132 Å². The van der Waals surface area contributed by atoms with E-state index >= 15 is 0 Å². The van der Waals surface area contributed by atoms with Gasteiger partial charge in [-0.2, -0.15) is 0 Å². The summed E-state index contributed by atoms with van der Waals surface area (Å²) in [4.78, 5) is 0. The topological polar surface area (TPSA) is 20.2 Å². The minimum absolute atomic E-state index is 0.856. The summed E-state index contributed by atoms with van der Waals surface area (Å²) in [5, 5.41) is 12.1. The molecule has 0 amide bonds. The van der Waals surface area contributed by atoms with Gasteiger partial charge in [0.25, 0.3) is 0 Å². The van der Waals surface area contributed by atoms with Gasteiger partial charge in [-0.05, 0) is 22.3 Å². The quantitative estimate of drug-likeness (QED) is 0.478. The first-order valence-electron chi connectivity index (χ1n) is 8.78. The normalized spacial score (nSPS) is 11.3. The van der Waals surface area contributed by atoms with Gasteiger partial charge >= 0.3 is 0 Å². The lowest BCUT2D eigenvalue weighted by molar-refractivity contribution is 0.126. The molecule has 0 aliphatic carbocycles.